The van der Waals surface area contributed by atoms with Crippen LogP contribution in [0.1, 0.15) is 6.92 Å². The molecule has 1 rings (SSSR count). The van der Waals surface area contributed by atoms with Crippen LogP contribution in [0.15, 0.2) is 24.3 Å². The van der Waals surface area contributed by atoms with E-state index in [-0.39, 0.29) is 0 Å². The van der Waals surface area contributed by atoms with Crippen LogP contribution in [-0.4, -0.2) is 13.6 Å². The summed E-state index contributed by atoms with van der Waals surface area (Å²) in [5, 5.41) is 0. The molecule has 53 valence electrons. The summed E-state index contributed by atoms with van der Waals surface area (Å²) in [6, 6.07) is 11.0. The lowest BCUT2D eigenvalue weighted by Crippen LogP contribution is -2.15. The fourth-order valence-electron chi connectivity index (χ4n) is 0.815. The highest BCUT2D eigenvalue weighted by atomic mass is 15.1. The van der Waals surface area contributed by atoms with Gasteiger partial charge in [-0.15, -0.1) is 0 Å². The molecule has 0 atom stereocenters. The zero-order valence-electron chi connectivity index (χ0n) is 6.46. The van der Waals surface area contributed by atoms with Gasteiger partial charge in [-0.25, -0.2) is 0 Å². The van der Waals surface area contributed by atoms with Crippen LogP contribution < -0.4 is 4.90 Å². The SMILES string of the molecule is CCN(C)c1cc[c]cc1. The molecule has 0 aromatic heterocycles. The van der Waals surface area contributed by atoms with E-state index < -0.39 is 0 Å². The molecule has 0 aliphatic heterocycles. The van der Waals surface area contributed by atoms with Crippen molar-refractivity contribution in [2.75, 3.05) is 18.5 Å². The fourth-order valence-corrected chi connectivity index (χ4v) is 0.815. The molecule has 10 heavy (non-hydrogen) atoms. The van der Waals surface area contributed by atoms with Crippen molar-refractivity contribution in [3.05, 3.63) is 30.3 Å². The number of rotatable bonds is 2. The van der Waals surface area contributed by atoms with Crippen molar-refractivity contribution in [3.63, 3.8) is 0 Å². The lowest BCUT2D eigenvalue weighted by Gasteiger charge is -2.15. The lowest BCUT2D eigenvalue weighted by atomic mass is 10.3. The fraction of sp³-hybridized carbons (Fsp3) is 0.333. The van der Waals surface area contributed by atoms with E-state index in [0.29, 0.717) is 0 Å². The molecular formula is C9H12N. The van der Waals surface area contributed by atoms with E-state index in [1.54, 1.807) is 0 Å². The van der Waals surface area contributed by atoms with E-state index in [9.17, 15) is 0 Å². The monoisotopic (exact) mass is 134 g/mol. The first-order valence-electron chi connectivity index (χ1n) is 3.52. The Morgan fingerprint density at radius 3 is 2.50 bits per heavy atom. The Bertz CT molecular complexity index is 181. The summed E-state index contributed by atoms with van der Waals surface area (Å²) in [7, 11) is 2.08. The number of nitrogens with zero attached hydrogens (tertiary/aromatic N) is 1. The highest BCUT2D eigenvalue weighted by Crippen LogP contribution is 2.08. The van der Waals surface area contributed by atoms with Crippen molar-refractivity contribution in [1.29, 1.82) is 0 Å². The van der Waals surface area contributed by atoms with Gasteiger partial charge in [-0.3, -0.25) is 0 Å². The Hall–Kier alpha value is -0.980. The molecule has 0 unspecified atom stereocenters. The van der Waals surface area contributed by atoms with Gasteiger partial charge in [0, 0.05) is 19.3 Å². The third-order valence-corrected chi connectivity index (χ3v) is 1.62. The molecule has 1 radical (unpaired) electrons. The third kappa shape index (κ3) is 1.50. The van der Waals surface area contributed by atoms with E-state index in [1.807, 2.05) is 12.1 Å². The summed E-state index contributed by atoms with van der Waals surface area (Å²) in [4.78, 5) is 2.19. The number of hydrogen-bond donors (Lipinski definition) is 0. The van der Waals surface area contributed by atoms with Gasteiger partial charge in [-0.1, -0.05) is 12.1 Å². The summed E-state index contributed by atoms with van der Waals surface area (Å²) in [5.41, 5.74) is 1.25. The number of anilines is 1. The summed E-state index contributed by atoms with van der Waals surface area (Å²) in [6.45, 7) is 3.18. The van der Waals surface area contributed by atoms with E-state index in [1.165, 1.54) is 5.69 Å². The Balaban J connectivity index is 2.75. The molecule has 0 N–H and O–H groups in total. The summed E-state index contributed by atoms with van der Waals surface area (Å²) < 4.78 is 0. The zero-order chi connectivity index (χ0) is 7.40. The number of hydrogen-bond acceptors (Lipinski definition) is 1. The quantitative estimate of drug-likeness (QED) is 0.597. The largest absolute Gasteiger partial charge is 0.375 e. The van der Waals surface area contributed by atoms with Crippen LogP contribution in [0.5, 0.6) is 0 Å². The molecule has 0 heterocycles. The Morgan fingerprint density at radius 2 is 2.00 bits per heavy atom. The first kappa shape index (κ1) is 7.13. The van der Waals surface area contributed by atoms with Gasteiger partial charge in [0.05, 0.1) is 0 Å². The van der Waals surface area contributed by atoms with Gasteiger partial charge in [-0.05, 0) is 25.1 Å². The van der Waals surface area contributed by atoms with Gasteiger partial charge in [0.2, 0.25) is 0 Å². The van der Waals surface area contributed by atoms with Crippen molar-refractivity contribution in [3.8, 4) is 0 Å². The predicted octanol–water partition coefficient (Wildman–Crippen LogP) is 1.94. The van der Waals surface area contributed by atoms with Crippen LogP contribution in [0.25, 0.3) is 0 Å². The van der Waals surface area contributed by atoms with E-state index in [2.05, 4.69) is 37.1 Å². The molecule has 0 bridgehead atoms. The van der Waals surface area contributed by atoms with Crippen LogP contribution in [0.2, 0.25) is 0 Å². The normalized spacial score (nSPS) is 9.40. The van der Waals surface area contributed by atoms with Crippen LogP contribution in [0.3, 0.4) is 0 Å². The van der Waals surface area contributed by atoms with E-state index in [0.717, 1.165) is 6.54 Å². The smallest absolute Gasteiger partial charge is 0.0363 e. The van der Waals surface area contributed by atoms with Crippen LogP contribution in [0, 0.1) is 6.07 Å². The van der Waals surface area contributed by atoms with Gasteiger partial charge >= 0.3 is 0 Å². The Morgan fingerprint density at radius 1 is 1.40 bits per heavy atom. The van der Waals surface area contributed by atoms with Gasteiger partial charge in [0.25, 0.3) is 0 Å². The van der Waals surface area contributed by atoms with Crippen molar-refractivity contribution >= 4 is 5.69 Å². The first-order valence-corrected chi connectivity index (χ1v) is 3.52. The molecule has 0 spiro atoms. The Kier molecular flexibility index (Phi) is 2.32. The average molecular weight is 134 g/mol. The Labute approximate surface area is 62.3 Å². The second-order valence-electron chi connectivity index (χ2n) is 2.27. The molecule has 1 aromatic rings. The van der Waals surface area contributed by atoms with Gasteiger partial charge in [-0.2, -0.15) is 0 Å². The molecule has 0 saturated carbocycles. The van der Waals surface area contributed by atoms with Crippen molar-refractivity contribution in [2.45, 2.75) is 6.92 Å². The first-order chi connectivity index (χ1) is 4.84. The van der Waals surface area contributed by atoms with Gasteiger partial charge < -0.3 is 4.90 Å². The maximum absolute atomic E-state index is 2.99. The predicted molar refractivity (Wildman–Crippen MR) is 44.2 cm³/mol. The highest BCUT2D eigenvalue weighted by Gasteiger charge is 1.92. The third-order valence-electron chi connectivity index (χ3n) is 1.62. The lowest BCUT2D eigenvalue weighted by molar-refractivity contribution is 0.968. The molecule has 1 nitrogen and oxygen atoms in total. The van der Waals surface area contributed by atoms with E-state index in [4.69, 9.17) is 0 Å². The summed E-state index contributed by atoms with van der Waals surface area (Å²) in [5.74, 6) is 0. The van der Waals surface area contributed by atoms with Crippen molar-refractivity contribution in [1.82, 2.24) is 0 Å². The minimum Gasteiger partial charge on any atom is -0.375 e. The molecule has 0 fully saturated rings. The highest BCUT2D eigenvalue weighted by molar-refractivity contribution is 5.44. The minimum absolute atomic E-state index is 1.05. The topological polar surface area (TPSA) is 3.24 Å². The maximum atomic E-state index is 2.99. The van der Waals surface area contributed by atoms with Crippen molar-refractivity contribution in [2.24, 2.45) is 0 Å². The average Bonchev–Trinajstić information content (AvgIpc) is 2.05. The maximum Gasteiger partial charge on any atom is 0.0363 e. The van der Waals surface area contributed by atoms with Crippen LogP contribution in [-0.2, 0) is 0 Å². The molecule has 1 aromatic carbocycles. The van der Waals surface area contributed by atoms with Crippen molar-refractivity contribution < 1.29 is 0 Å². The second kappa shape index (κ2) is 3.25. The summed E-state index contributed by atoms with van der Waals surface area (Å²) >= 11 is 0. The minimum atomic E-state index is 1.05. The molecule has 0 aliphatic carbocycles. The summed E-state index contributed by atoms with van der Waals surface area (Å²) in [6.07, 6.45) is 0. The van der Waals surface area contributed by atoms with Gasteiger partial charge in [0.1, 0.15) is 0 Å². The number of benzene rings is 1. The van der Waals surface area contributed by atoms with Crippen LogP contribution >= 0.6 is 0 Å². The molecule has 0 amide bonds. The van der Waals surface area contributed by atoms with E-state index >= 15 is 0 Å². The van der Waals surface area contributed by atoms with Crippen LogP contribution in [0.4, 0.5) is 5.69 Å². The molecule has 1 heteroatoms. The van der Waals surface area contributed by atoms with Gasteiger partial charge in [0.15, 0.2) is 0 Å². The molecule has 0 aliphatic rings. The second-order valence-corrected chi connectivity index (χ2v) is 2.27. The zero-order valence-corrected chi connectivity index (χ0v) is 6.46. The standard InChI is InChI=1S/C9H12N/c1-3-10(2)9-7-5-4-6-8-9/h5-8H,3H2,1-2H3. The molecule has 0 saturated heterocycles. The molecular weight excluding hydrogens is 122 g/mol.